The molecular weight excluding hydrogens is 240 g/mol. The molecule has 0 radical (unpaired) electrons. The molecular formula is C11H16N2O3S. The van der Waals surface area contributed by atoms with E-state index in [0.717, 1.165) is 18.7 Å². The fourth-order valence-corrected chi connectivity index (χ4v) is 2.59. The predicted octanol–water partition coefficient (Wildman–Crippen LogP) is 0.521. The molecule has 0 atom stereocenters. The molecule has 1 aromatic carbocycles. The Bertz CT molecular complexity index is 464. The van der Waals surface area contributed by atoms with Gasteiger partial charge < -0.3 is 5.32 Å². The summed E-state index contributed by atoms with van der Waals surface area (Å²) < 4.78 is 28.9. The molecule has 1 N–H and O–H groups in total. The van der Waals surface area contributed by atoms with E-state index in [-0.39, 0.29) is 4.90 Å². The minimum atomic E-state index is -3.68. The van der Waals surface area contributed by atoms with Crippen molar-refractivity contribution in [3.8, 4) is 0 Å². The molecule has 1 aliphatic heterocycles. The summed E-state index contributed by atoms with van der Waals surface area (Å²) in [6.45, 7) is 4.54. The molecule has 6 heteroatoms. The standard InChI is InChI=1S/C11H16N2O3S/c1-10-2-4-11(5-3-10)17(14,15)16-13-8-6-12-7-9-13/h2-5,12H,6-9H2,1H3. The Labute approximate surface area is 101 Å². The highest BCUT2D eigenvalue weighted by Gasteiger charge is 2.21. The Morgan fingerprint density at radius 1 is 1.18 bits per heavy atom. The zero-order chi connectivity index (χ0) is 12.3. The first-order valence-electron chi connectivity index (χ1n) is 5.55. The van der Waals surface area contributed by atoms with E-state index in [1.807, 2.05) is 6.92 Å². The molecule has 0 aromatic heterocycles. The first kappa shape index (κ1) is 12.5. The van der Waals surface area contributed by atoms with Gasteiger partial charge in [0.25, 0.3) is 0 Å². The molecule has 94 valence electrons. The fourth-order valence-electron chi connectivity index (χ4n) is 1.61. The normalized spacial score (nSPS) is 18.2. The highest BCUT2D eigenvalue weighted by Crippen LogP contribution is 2.14. The minimum absolute atomic E-state index is 0.196. The van der Waals surface area contributed by atoms with E-state index in [4.69, 9.17) is 4.28 Å². The molecule has 1 heterocycles. The number of rotatable bonds is 3. The van der Waals surface area contributed by atoms with Crippen LogP contribution in [-0.2, 0) is 14.4 Å². The zero-order valence-corrected chi connectivity index (χ0v) is 10.5. The summed E-state index contributed by atoms with van der Waals surface area (Å²) in [5, 5.41) is 4.61. The second-order valence-corrected chi connectivity index (χ2v) is 5.55. The Morgan fingerprint density at radius 2 is 1.76 bits per heavy atom. The van der Waals surface area contributed by atoms with Crippen molar-refractivity contribution in [3.05, 3.63) is 29.8 Å². The molecule has 17 heavy (non-hydrogen) atoms. The number of hydrogen-bond acceptors (Lipinski definition) is 5. The van der Waals surface area contributed by atoms with Crippen LogP contribution in [0.25, 0.3) is 0 Å². The van der Waals surface area contributed by atoms with Crippen LogP contribution < -0.4 is 5.32 Å². The molecule has 1 aliphatic rings. The Morgan fingerprint density at radius 3 is 2.35 bits per heavy atom. The second-order valence-electron chi connectivity index (χ2n) is 4.02. The number of nitrogens with zero attached hydrogens (tertiary/aromatic N) is 1. The monoisotopic (exact) mass is 256 g/mol. The SMILES string of the molecule is Cc1ccc(S(=O)(=O)ON2CCNCC2)cc1. The average Bonchev–Trinajstić information content (AvgIpc) is 2.30. The van der Waals surface area contributed by atoms with E-state index in [1.165, 1.54) is 5.06 Å². The van der Waals surface area contributed by atoms with Crippen LogP contribution in [0.4, 0.5) is 0 Å². The van der Waals surface area contributed by atoms with Gasteiger partial charge in [0.1, 0.15) is 0 Å². The lowest BCUT2D eigenvalue weighted by Gasteiger charge is -2.25. The lowest BCUT2D eigenvalue weighted by molar-refractivity contribution is -0.0597. The topological polar surface area (TPSA) is 58.6 Å². The molecule has 0 saturated carbocycles. The Hall–Kier alpha value is -0.950. The Kier molecular flexibility index (Phi) is 3.78. The summed E-state index contributed by atoms with van der Waals surface area (Å²) in [4.78, 5) is 0.196. The highest BCUT2D eigenvalue weighted by atomic mass is 32.2. The number of nitrogens with one attached hydrogen (secondary N) is 1. The van der Waals surface area contributed by atoms with Crippen LogP contribution in [0, 0.1) is 6.92 Å². The van der Waals surface area contributed by atoms with Crippen LogP contribution in [0.1, 0.15) is 5.56 Å². The molecule has 1 saturated heterocycles. The minimum Gasteiger partial charge on any atom is -0.314 e. The van der Waals surface area contributed by atoms with Crippen molar-refractivity contribution in [1.82, 2.24) is 10.4 Å². The summed E-state index contributed by atoms with van der Waals surface area (Å²) in [5.74, 6) is 0. The van der Waals surface area contributed by atoms with Crippen LogP contribution in [0.3, 0.4) is 0 Å². The van der Waals surface area contributed by atoms with Gasteiger partial charge in [0.2, 0.25) is 0 Å². The van der Waals surface area contributed by atoms with Crippen molar-refractivity contribution in [1.29, 1.82) is 0 Å². The van der Waals surface area contributed by atoms with Crippen molar-refractivity contribution in [2.24, 2.45) is 0 Å². The maximum absolute atomic E-state index is 11.9. The van der Waals surface area contributed by atoms with Crippen molar-refractivity contribution in [2.45, 2.75) is 11.8 Å². The van der Waals surface area contributed by atoms with Gasteiger partial charge in [-0.05, 0) is 19.1 Å². The molecule has 0 spiro atoms. The van der Waals surface area contributed by atoms with Gasteiger partial charge in [0, 0.05) is 26.2 Å². The van der Waals surface area contributed by atoms with E-state index >= 15 is 0 Å². The van der Waals surface area contributed by atoms with Gasteiger partial charge in [0.05, 0.1) is 4.90 Å². The van der Waals surface area contributed by atoms with E-state index in [9.17, 15) is 8.42 Å². The molecule has 2 rings (SSSR count). The number of benzene rings is 1. The van der Waals surface area contributed by atoms with Gasteiger partial charge in [-0.15, -0.1) is 0 Å². The van der Waals surface area contributed by atoms with E-state index in [1.54, 1.807) is 24.3 Å². The zero-order valence-electron chi connectivity index (χ0n) is 9.72. The van der Waals surface area contributed by atoms with Crippen molar-refractivity contribution in [2.75, 3.05) is 26.2 Å². The number of aryl methyl sites for hydroxylation is 1. The largest absolute Gasteiger partial charge is 0.314 e. The van der Waals surface area contributed by atoms with Crippen LogP contribution >= 0.6 is 0 Å². The second kappa shape index (κ2) is 5.14. The van der Waals surface area contributed by atoms with Crippen LogP contribution in [-0.4, -0.2) is 39.7 Å². The number of piperazine rings is 1. The molecule has 1 fully saturated rings. The lowest BCUT2D eigenvalue weighted by Crippen LogP contribution is -2.44. The van der Waals surface area contributed by atoms with Gasteiger partial charge in [0.15, 0.2) is 0 Å². The summed E-state index contributed by atoms with van der Waals surface area (Å²) in [5.41, 5.74) is 1.02. The molecule has 0 unspecified atom stereocenters. The molecule has 5 nitrogen and oxygen atoms in total. The first-order valence-corrected chi connectivity index (χ1v) is 6.96. The third-order valence-electron chi connectivity index (χ3n) is 2.59. The third kappa shape index (κ3) is 3.26. The van der Waals surface area contributed by atoms with Crippen molar-refractivity contribution in [3.63, 3.8) is 0 Å². The van der Waals surface area contributed by atoms with E-state index in [0.29, 0.717) is 13.1 Å². The third-order valence-corrected chi connectivity index (χ3v) is 3.85. The lowest BCUT2D eigenvalue weighted by atomic mass is 10.2. The quantitative estimate of drug-likeness (QED) is 0.854. The molecule has 0 aliphatic carbocycles. The molecule has 1 aromatic rings. The number of hydrogen-bond donors (Lipinski definition) is 1. The average molecular weight is 256 g/mol. The van der Waals surface area contributed by atoms with Gasteiger partial charge >= 0.3 is 10.1 Å². The van der Waals surface area contributed by atoms with Gasteiger partial charge in [-0.2, -0.15) is 17.8 Å². The van der Waals surface area contributed by atoms with Crippen LogP contribution in [0.5, 0.6) is 0 Å². The molecule has 0 amide bonds. The van der Waals surface area contributed by atoms with Crippen LogP contribution in [0.2, 0.25) is 0 Å². The Balaban J connectivity index is 2.10. The van der Waals surface area contributed by atoms with E-state index in [2.05, 4.69) is 5.32 Å². The van der Waals surface area contributed by atoms with Gasteiger partial charge in [-0.25, -0.2) is 0 Å². The van der Waals surface area contributed by atoms with Crippen LogP contribution in [0.15, 0.2) is 29.2 Å². The van der Waals surface area contributed by atoms with Crippen molar-refractivity contribution >= 4 is 10.1 Å². The summed E-state index contributed by atoms with van der Waals surface area (Å²) in [6.07, 6.45) is 0. The van der Waals surface area contributed by atoms with Gasteiger partial charge in [-0.1, -0.05) is 17.7 Å². The van der Waals surface area contributed by atoms with Gasteiger partial charge in [-0.3, -0.25) is 0 Å². The summed E-state index contributed by atoms with van der Waals surface area (Å²) in [6, 6.07) is 6.64. The predicted molar refractivity (Wildman–Crippen MR) is 63.9 cm³/mol. The maximum atomic E-state index is 11.9. The van der Waals surface area contributed by atoms with E-state index < -0.39 is 10.1 Å². The smallest absolute Gasteiger partial charge is 0.313 e. The summed E-state index contributed by atoms with van der Waals surface area (Å²) in [7, 11) is -3.68. The maximum Gasteiger partial charge on any atom is 0.313 e. The van der Waals surface area contributed by atoms with Crippen molar-refractivity contribution < 1.29 is 12.7 Å². The highest BCUT2D eigenvalue weighted by molar-refractivity contribution is 7.86. The first-order chi connectivity index (χ1) is 8.08. The molecule has 0 bridgehead atoms. The number of hydroxylamine groups is 2. The fraction of sp³-hybridized carbons (Fsp3) is 0.455. The summed E-state index contributed by atoms with van der Waals surface area (Å²) >= 11 is 0.